The number of rotatable bonds is 5. The lowest BCUT2D eigenvalue weighted by molar-refractivity contribution is -0.0413. The molecule has 178 valence electrons. The zero-order valence-corrected chi connectivity index (χ0v) is 21.1. The van der Waals surface area contributed by atoms with Gasteiger partial charge in [0.1, 0.15) is 5.82 Å². The van der Waals surface area contributed by atoms with E-state index in [4.69, 9.17) is 15.2 Å². The van der Waals surface area contributed by atoms with Crippen LogP contribution >= 0.6 is 0 Å². The van der Waals surface area contributed by atoms with Crippen molar-refractivity contribution in [1.29, 1.82) is 0 Å². The molecule has 0 amide bonds. The van der Waals surface area contributed by atoms with Gasteiger partial charge >= 0.3 is 0 Å². The van der Waals surface area contributed by atoms with Crippen molar-refractivity contribution >= 4 is 11.0 Å². The third-order valence-corrected chi connectivity index (χ3v) is 5.14. The number of aliphatic hydroxyl groups is 2. The van der Waals surface area contributed by atoms with E-state index in [-0.39, 0.29) is 5.41 Å². The number of hydrogen-bond donors (Lipinski definition) is 2. The molecular weight excluding hydrogens is 388 g/mol. The lowest BCUT2D eigenvalue weighted by Gasteiger charge is -2.19. The van der Waals surface area contributed by atoms with Crippen molar-refractivity contribution in [2.45, 2.75) is 73.1 Å². The fraction of sp³-hybridized carbons (Fsp3) is 0.720. The van der Waals surface area contributed by atoms with E-state index in [0.29, 0.717) is 6.42 Å². The summed E-state index contributed by atoms with van der Waals surface area (Å²) in [5.41, 5.74) is 3.92. The number of aryl methyl sites for hydroxylation is 1. The van der Waals surface area contributed by atoms with Crippen LogP contribution in [-0.4, -0.2) is 76.6 Å². The largest absolute Gasteiger partial charge is 0.368 e. The zero-order chi connectivity index (χ0) is 23.6. The average molecular weight is 435 g/mol. The minimum atomic E-state index is -1.12. The number of aliphatic hydroxyl groups excluding tert-OH is 1. The Morgan fingerprint density at radius 1 is 1.13 bits per heavy atom. The van der Waals surface area contributed by atoms with E-state index < -0.39 is 6.29 Å². The van der Waals surface area contributed by atoms with E-state index in [0.717, 1.165) is 25.0 Å². The Labute approximate surface area is 189 Å². The van der Waals surface area contributed by atoms with Gasteiger partial charge in [-0.3, -0.25) is 0 Å². The quantitative estimate of drug-likeness (QED) is 0.699. The molecule has 0 radical (unpaired) electrons. The molecule has 1 aliphatic heterocycles. The van der Waals surface area contributed by atoms with E-state index in [1.807, 2.05) is 0 Å². The predicted molar refractivity (Wildman–Crippen MR) is 131 cm³/mol. The van der Waals surface area contributed by atoms with Crippen LogP contribution < -0.4 is 0 Å². The number of fused-ring (bicyclic) bond motifs is 1. The van der Waals surface area contributed by atoms with Gasteiger partial charge in [0.05, 0.1) is 11.0 Å². The van der Waals surface area contributed by atoms with Gasteiger partial charge in [-0.25, -0.2) is 4.98 Å². The molecule has 0 aliphatic carbocycles. The maximum Gasteiger partial charge on any atom is 0.151 e. The van der Waals surface area contributed by atoms with Crippen molar-refractivity contribution in [3.63, 3.8) is 0 Å². The first kappa shape index (κ1) is 27.6. The van der Waals surface area contributed by atoms with Gasteiger partial charge in [-0.05, 0) is 83.5 Å². The van der Waals surface area contributed by atoms with Crippen LogP contribution in [0.3, 0.4) is 0 Å². The molecule has 1 saturated heterocycles. The molecule has 1 aromatic heterocycles. The average Bonchev–Trinajstić information content (AvgIpc) is 3.25. The van der Waals surface area contributed by atoms with Crippen LogP contribution in [0.4, 0.5) is 0 Å². The van der Waals surface area contributed by atoms with Crippen LogP contribution in [0.1, 0.15) is 58.3 Å². The lowest BCUT2D eigenvalue weighted by Crippen LogP contribution is -2.21. The van der Waals surface area contributed by atoms with Crippen LogP contribution in [0.2, 0.25) is 0 Å². The number of imidazole rings is 1. The highest BCUT2D eigenvalue weighted by Gasteiger charge is 2.18. The van der Waals surface area contributed by atoms with Crippen molar-refractivity contribution in [1.82, 2.24) is 19.4 Å². The first-order chi connectivity index (χ1) is 14.4. The molecule has 0 atom stereocenters. The number of nitrogens with zero attached hydrogens (tertiary/aromatic N) is 4. The molecule has 0 unspecified atom stereocenters. The van der Waals surface area contributed by atoms with Crippen LogP contribution in [0, 0.1) is 12.3 Å². The van der Waals surface area contributed by atoms with Crippen molar-refractivity contribution in [3.05, 3.63) is 29.6 Å². The standard InChI is InChI=1S/C17H27N3.C5H11N.C3H8O2/c1-13-7-8-15-14(11-13)18-16(12-17(2,3)4)20(15)10-9-19(5)6;1-6-4-2-3-5-6;1-2-3(4)5/h7-8,11H,9-10,12H2,1-6H3;2-5H2,1H3;3-5H,2H2,1H3. The van der Waals surface area contributed by atoms with Crippen LogP contribution in [0.15, 0.2) is 18.2 Å². The molecule has 31 heavy (non-hydrogen) atoms. The fourth-order valence-electron chi connectivity index (χ4n) is 3.32. The molecule has 0 spiro atoms. The minimum absolute atomic E-state index is 0.256. The molecule has 2 aromatic rings. The van der Waals surface area contributed by atoms with Gasteiger partial charge < -0.3 is 24.6 Å². The van der Waals surface area contributed by atoms with E-state index in [1.54, 1.807) is 6.92 Å². The smallest absolute Gasteiger partial charge is 0.151 e. The zero-order valence-electron chi connectivity index (χ0n) is 21.1. The second kappa shape index (κ2) is 13.2. The van der Waals surface area contributed by atoms with Gasteiger partial charge in [0.2, 0.25) is 0 Å². The molecule has 1 aromatic carbocycles. The van der Waals surface area contributed by atoms with Crippen molar-refractivity contribution in [2.75, 3.05) is 40.8 Å². The normalized spacial score (nSPS) is 14.6. The van der Waals surface area contributed by atoms with E-state index >= 15 is 0 Å². The summed E-state index contributed by atoms with van der Waals surface area (Å²) in [5, 5.41) is 15.8. The minimum Gasteiger partial charge on any atom is -0.368 e. The van der Waals surface area contributed by atoms with Gasteiger partial charge in [0.25, 0.3) is 0 Å². The second-order valence-electron chi connectivity index (χ2n) is 10.1. The van der Waals surface area contributed by atoms with Crippen LogP contribution in [-0.2, 0) is 13.0 Å². The summed E-state index contributed by atoms with van der Waals surface area (Å²) >= 11 is 0. The van der Waals surface area contributed by atoms with Crippen LogP contribution in [0.5, 0.6) is 0 Å². The molecule has 2 N–H and O–H groups in total. The summed E-state index contributed by atoms with van der Waals surface area (Å²) in [6, 6.07) is 6.57. The number of aromatic nitrogens is 2. The molecule has 1 aliphatic rings. The Morgan fingerprint density at radius 3 is 2.13 bits per heavy atom. The van der Waals surface area contributed by atoms with Gasteiger partial charge in [-0.15, -0.1) is 0 Å². The monoisotopic (exact) mass is 434 g/mol. The van der Waals surface area contributed by atoms with Crippen molar-refractivity contribution in [2.24, 2.45) is 5.41 Å². The number of benzene rings is 1. The SMILES string of the molecule is CCC(O)O.CN1CCCC1.Cc1ccc2c(c1)nc(CC(C)(C)C)n2CCN(C)C. The number of hydrogen-bond acceptors (Lipinski definition) is 5. The first-order valence-electron chi connectivity index (χ1n) is 11.6. The second-order valence-corrected chi connectivity index (χ2v) is 10.1. The Morgan fingerprint density at radius 2 is 1.71 bits per heavy atom. The van der Waals surface area contributed by atoms with E-state index in [2.05, 4.69) is 81.4 Å². The highest BCUT2D eigenvalue weighted by atomic mass is 16.5. The van der Waals surface area contributed by atoms with Gasteiger partial charge in [0.15, 0.2) is 6.29 Å². The fourth-order valence-corrected chi connectivity index (χ4v) is 3.32. The lowest BCUT2D eigenvalue weighted by atomic mass is 9.92. The molecule has 1 fully saturated rings. The van der Waals surface area contributed by atoms with Gasteiger partial charge in [0, 0.05) is 19.5 Å². The first-order valence-corrected chi connectivity index (χ1v) is 11.6. The Hall–Kier alpha value is -1.47. The highest BCUT2D eigenvalue weighted by molar-refractivity contribution is 5.76. The summed E-state index contributed by atoms with van der Waals surface area (Å²) < 4.78 is 2.39. The summed E-state index contributed by atoms with van der Waals surface area (Å²) in [4.78, 5) is 9.47. The summed E-state index contributed by atoms with van der Waals surface area (Å²) in [5.74, 6) is 1.21. The summed E-state index contributed by atoms with van der Waals surface area (Å²) in [7, 11) is 6.41. The molecular formula is C25H46N4O2. The van der Waals surface area contributed by atoms with E-state index in [1.165, 1.54) is 42.8 Å². The number of likely N-dealkylation sites (tertiary alicyclic amines) is 1. The van der Waals surface area contributed by atoms with Crippen LogP contribution in [0.25, 0.3) is 11.0 Å². The third kappa shape index (κ3) is 11.1. The van der Waals surface area contributed by atoms with Gasteiger partial charge in [-0.2, -0.15) is 0 Å². The molecule has 6 nitrogen and oxygen atoms in total. The highest BCUT2D eigenvalue weighted by Crippen LogP contribution is 2.24. The van der Waals surface area contributed by atoms with Gasteiger partial charge in [-0.1, -0.05) is 33.8 Å². The molecule has 3 rings (SSSR count). The maximum absolute atomic E-state index is 7.92. The topological polar surface area (TPSA) is 64.8 Å². The third-order valence-electron chi connectivity index (χ3n) is 5.14. The molecule has 6 heteroatoms. The summed E-state index contributed by atoms with van der Waals surface area (Å²) in [6.07, 6.45) is 3.14. The Balaban J connectivity index is 0.000000357. The van der Waals surface area contributed by atoms with Crippen molar-refractivity contribution in [3.8, 4) is 0 Å². The predicted octanol–water partition coefficient (Wildman–Crippen LogP) is 3.91. The molecule has 0 bridgehead atoms. The van der Waals surface area contributed by atoms with E-state index in [9.17, 15) is 0 Å². The maximum atomic E-state index is 7.92. The Kier molecular flexibility index (Phi) is 11.7. The molecule has 0 saturated carbocycles. The van der Waals surface area contributed by atoms with Crippen molar-refractivity contribution < 1.29 is 10.2 Å². The summed E-state index contributed by atoms with van der Waals surface area (Å²) in [6.45, 7) is 15.3. The Bertz CT molecular complexity index is 757. The molecule has 2 heterocycles. The number of likely N-dealkylation sites (N-methyl/N-ethyl adjacent to an activating group) is 1.